The first kappa shape index (κ1) is 11.6. The standard InChI is InChI=1S/C11H19N2P/c1-6-8-7-9(14-5)13-10(12-8)11(2,3)4/h7,14H,6H2,1-5H3. The summed E-state index contributed by atoms with van der Waals surface area (Å²) in [4.78, 5) is 9.14. The molecular formula is C11H19N2P. The average molecular weight is 210 g/mol. The molecule has 0 aromatic carbocycles. The van der Waals surface area contributed by atoms with Gasteiger partial charge in [0.15, 0.2) is 0 Å². The van der Waals surface area contributed by atoms with Gasteiger partial charge in [0.05, 0.1) is 5.44 Å². The summed E-state index contributed by atoms with van der Waals surface area (Å²) in [5.41, 5.74) is 2.40. The molecule has 0 saturated heterocycles. The third-order valence-corrected chi connectivity index (χ3v) is 2.84. The Morgan fingerprint density at radius 3 is 2.36 bits per heavy atom. The van der Waals surface area contributed by atoms with Crippen LogP contribution in [-0.2, 0) is 11.8 Å². The summed E-state index contributed by atoms with van der Waals surface area (Å²) in [7, 11) is 0.754. The number of aryl methyl sites for hydroxylation is 1. The van der Waals surface area contributed by atoms with Crippen molar-refractivity contribution in [2.45, 2.75) is 39.5 Å². The average Bonchev–Trinajstić information content (AvgIpc) is 2.15. The second-order valence-corrected chi connectivity index (χ2v) is 5.43. The van der Waals surface area contributed by atoms with Crippen molar-refractivity contribution in [3.8, 4) is 0 Å². The molecule has 0 aliphatic rings. The number of nitrogens with zero attached hydrogens (tertiary/aromatic N) is 2. The van der Waals surface area contributed by atoms with Crippen molar-refractivity contribution >= 4 is 14.0 Å². The molecule has 0 saturated carbocycles. The molecule has 0 amide bonds. The number of aromatic nitrogens is 2. The fourth-order valence-corrected chi connectivity index (χ4v) is 1.67. The minimum Gasteiger partial charge on any atom is -0.237 e. The van der Waals surface area contributed by atoms with E-state index in [1.54, 1.807) is 0 Å². The first-order valence-electron chi connectivity index (χ1n) is 5.03. The maximum atomic E-state index is 4.57. The second-order valence-electron chi connectivity index (χ2n) is 4.42. The Hall–Kier alpha value is -0.490. The Balaban J connectivity index is 3.17. The predicted octanol–water partition coefficient (Wildman–Crippen LogP) is 2.27. The fraction of sp³-hybridized carbons (Fsp3) is 0.636. The Morgan fingerprint density at radius 2 is 1.93 bits per heavy atom. The van der Waals surface area contributed by atoms with Crippen LogP contribution in [0.1, 0.15) is 39.2 Å². The van der Waals surface area contributed by atoms with Gasteiger partial charge in [-0.15, -0.1) is 0 Å². The van der Waals surface area contributed by atoms with E-state index in [-0.39, 0.29) is 5.41 Å². The van der Waals surface area contributed by atoms with E-state index in [4.69, 9.17) is 0 Å². The zero-order valence-corrected chi connectivity index (χ0v) is 10.7. The van der Waals surface area contributed by atoms with E-state index in [1.807, 2.05) is 0 Å². The molecule has 0 radical (unpaired) electrons. The first-order valence-corrected chi connectivity index (χ1v) is 6.53. The van der Waals surface area contributed by atoms with Gasteiger partial charge in [0.1, 0.15) is 5.82 Å². The highest BCUT2D eigenvalue weighted by molar-refractivity contribution is 7.45. The van der Waals surface area contributed by atoms with Gasteiger partial charge in [-0.2, -0.15) is 0 Å². The molecule has 0 aliphatic carbocycles. The highest BCUT2D eigenvalue weighted by Crippen LogP contribution is 2.18. The van der Waals surface area contributed by atoms with Crippen LogP contribution in [0.4, 0.5) is 0 Å². The van der Waals surface area contributed by atoms with E-state index in [0.717, 1.165) is 26.5 Å². The summed E-state index contributed by atoms with van der Waals surface area (Å²) in [6.07, 6.45) is 0.989. The van der Waals surface area contributed by atoms with Crippen molar-refractivity contribution in [1.82, 2.24) is 9.97 Å². The van der Waals surface area contributed by atoms with E-state index in [1.165, 1.54) is 5.44 Å². The summed E-state index contributed by atoms with van der Waals surface area (Å²) in [5, 5.41) is 0. The molecule has 1 rings (SSSR count). The van der Waals surface area contributed by atoms with E-state index >= 15 is 0 Å². The first-order chi connectivity index (χ1) is 6.47. The molecule has 3 heteroatoms. The third kappa shape index (κ3) is 2.75. The highest BCUT2D eigenvalue weighted by atomic mass is 31.1. The van der Waals surface area contributed by atoms with Crippen molar-refractivity contribution in [3.05, 3.63) is 17.6 Å². The number of rotatable bonds is 2. The monoisotopic (exact) mass is 210 g/mol. The molecular weight excluding hydrogens is 191 g/mol. The largest absolute Gasteiger partial charge is 0.237 e. The van der Waals surface area contributed by atoms with Gasteiger partial charge in [-0.05, 0) is 19.2 Å². The van der Waals surface area contributed by atoms with Crippen LogP contribution in [0, 0.1) is 0 Å². The Kier molecular flexibility index (Phi) is 3.60. The van der Waals surface area contributed by atoms with Crippen molar-refractivity contribution in [2.24, 2.45) is 0 Å². The minimum absolute atomic E-state index is 0.0551. The van der Waals surface area contributed by atoms with Gasteiger partial charge in [-0.25, -0.2) is 9.97 Å². The van der Waals surface area contributed by atoms with Crippen LogP contribution in [0.3, 0.4) is 0 Å². The lowest BCUT2D eigenvalue weighted by molar-refractivity contribution is 0.543. The maximum absolute atomic E-state index is 4.57. The lowest BCUT2D eigenvalue weighted by Gasteiger charge is -2.18. The molecule has 1 aromatic heterocycles. The van der Waals surface area contributed by atoms with Crippen molar-refractivity contribution in [1.29, 1.82) is 0 Å². The Morgan fingerprint density at radius 1 is 1.29 bits per heavy atom. The lowest BCUT2D eigenvalue weighted by atomic mass is 9.95. The molecule has 1 atom stereocenters. The van der Waals surface area contributed by atoms with E-state index < -0.39 is 0 Å². The quantitative estimate of drug-likeness (QED) is 0.700. The zero-order chi connectivity index (χ0) is 10.8. The molecule has 1 aromatic rings. The van der Waals surface area contributed by atoms with Gasteiger partial charge in [0.2, 0.25) is 0 Å². The normalized spacial score (nSPS) is 12.6. The molecule has 78 valence electrons. The fourth-order valence-electron chi connectivity index (χ4n) is 1.14. The number of hydrogen-bond acceptors (Lipinski definition) is 2. The molecule has 0 fully saturated rings. The molecule has 1 unspecified atom stereocenters. The van der Waals surface area contributed by atoms with Gasteiger partial charge in [-0.1, -0.05) is 36.3 Å². The summed E-state index contributed by atoms with van der Waals surface area (Å²) < 4.78 is 0. The van der Waals surface area contributed by atoms with Crippen molar-refractivity contribution in [2.75, 3.05) is 6.66 Å². The van der Waals surface area contributed by atoms with Gasteiger partial charge in [0, 0.05) is 11.1 Å². The molecule has 0 N–H and O–H groups in total. The van der Waals surface area contributed by atoms with Crippen molar-refractivity contribution in [3.63, 3.8) is 0 Å². The van der Waals surface area contributed by atoms with Crippen LogP contribution >= 0.6 is 8.58 Å². The molecule has 2 nitrogen and oxygen atoms in total. The number of hydrogen-bond donors (Lipinski definition) is 0. The summed E-state index contributed by atoms with van der Waals surface area (Å²) in [6, 6.07) is 2.12. The van der Waals surface area contributed by atoms with Gasteiger partial charge in [-0.3, -0.25) is 0 Å². The Labute approximate surface area is 88.3 Å². The third-order valence-electron chi connectivity index (χ3n) is 2.07. The van der Waals surface area contributed by atoms with Crippen LogP contribution in [0.15, 0.2) is 6.07 Å². The Bertz CT molecular complexity index is 293. The van der Waals surface area contributed by atoms with Crippen LogP contribution in [0.5, 0.6) is 0 Å². The highest BCUT2D eigenvalue weighted by Gasteiger charge is 2.18. The van der Waals surface area contributed by atoms with Crippen LogP contribution in [-0.4, -0.2) is 16.6 Å². The smallest absolute Gasteiger partial charge is 0.134 e. The lowest BCUT2D eigenvalue weighted by Crippen LogP contribution is -2.21. The SMILES string of the molecule is CCc1cc(PC)nc(C(C)(C)C)n1. The van der Waals surface area contributed by atoms with E-state index in [9.17, 15) is 0 Å². The second kappa shape index (κ2) is 4.35. The van der Waals surface area contributed by atoms with Gasteiger partial charge in [0.25, 0.3) is 0 Å². The van der Waals surface area contributed by atoms with E-state index in [0.29, 0.717) is 0 Å². The zero-order valence-electron chi connectivity index (χ0n) is 9.68. The van der Waals surface area contributed by atoms with Crippen LogP contribution in [0.2, 0.25) is 0 Å². The molecule has 0 aliphatic heterocycles. The predicted molar refractivity (Wildman–Crippen MR) is 64.0 cm³/mol. The molecule has 14 heavy (non-hydrogen) atoms. The summed E-state index contributed by atoms with van der Waals surface area (Å²) in [5.74, 6) is 0.973. The molecule has 0 spiro atoms. The maximum Gasteiger partial charge on any atom is 0.134 e. The van der Waals surface area contributed by atoms with Crippen LogP contribution in [0.25, 0.3) is 0 Å². The van der Waals surface area contributed by atoms with Crippen molar-refractivity contribution < 1.29 is 0 Å². The minimum atomic E-state index is 0.0551. The molecule has 1 heterocycles. The van der Waals surface area contributed by atoms with Gasteiger partial charge < -0.3 is 0 Å². The van der Waals surface area contributed by atoms with Gasteiger partial charge >= 0.3 is 0 Å². The topological polar surface area (TPSA) is 25.8 Å². The van der Waals surface area contributed by atoms with E-state index in [2.05, 4.69) is 50.4 Å². The van der Waals surface area contributed by atoms with Crippen LogP contribution < -0.4 is 5.44 Å². The molecule has 0 bridgehead atoms. The summed E-state index contributed by atoms with van der Waals surface area (Å²) in [6.45, 7) is 10.8. The summed E-state index contributed by atoms with van der Waals surface area (Å²) >= 11 is 0.